The van der Waals surface area contributed by atoms with E-state index in [4.69, 9.17) is 5.73 Å². The maximum Gasteiger partial charge on any atom is 0.123 e. The summed E-state index contributed by atoms with van der Waals surface area (Å²) in [4.78, 5) is 2.11. The van der Waals surface area contributed by atoms with Crippen molar-refractivity contribution in [2.75, 3.05) is 13.6 Å². The summed E-state index contributed by atoms with van der Waals surface area (Å²) >= 11 is 0. The Kier molecular flexibility index (Phi) is 4.53. The predicted octanol–water partition coefficient (Wildman–Crippen LogP) is 3.13. The van der Waals surface area contributed by atoms with Gasteiger partial charge in [-0.3, -0.25) is 4.90 Å². The summed E-state index contributed by atoms with van der Waals surface area (Å²) in [6.45, 7) is 3.40. The first-order chi connectivity index (χ1) is 9.47. The van der Waals surface area contributed by atoms with Crippen molar-refractivity contribution >= 4 is 0 Å². The Morgan fingerprint density at radius 1 is 1.10 bits per heavy atom. The van der Waals surface area contributed by atoms with Crippen LogP contribution in [-0.2, 0) is 12.1 Å². The summed E-state index contributed by atoms with van der Waals surface area (Å²) in [5.74, 6) is -0.200. The molecule has 0 saturated carbocycles. The van der Waals surface area contributed by atoms with Gasteiger partial charge >= 0.3 is 0 Å². The van der Waals surface area contributed by atoms with E-state index in [1.807, 2.05) is 50.4 Å². The Balaban J connectivity index is 2.02. The van der Waals surface area contributed by atoms with Crippen molar-refractivity contribution in [2.24, 2.45) is 5.73 Å². The van der Waals surface area contributed by atoms with Crippen molar-refractivity contribution in [3.63, 3.8) is 0 Å². The van der Waals surface area contributed by atoms with E-state index < -0.39 is 5.54 Å². The van der Waals surface area contributed by atoms with E-state index in [0.717, 1.165) is 11.1 Å². The first-order valence-corrected chi connectivity index (χ1v) is 6.75. The average Bonchev–Trinajstić information content (AvgIpc) is 2.39. The largest absolute Gasteiger partial charge is 0.321 e. The molecule has 0 aliphatic carbocycles. The zero-order valence-electron chi connectivity index (χ0n) is 12.0. The van der Waals surface area contributed by atoms with Crippen molar-refractivity contribution in [3.05, 3.63) is 71.5 Å². The fourth-order valence-electron chi connectivity index (χ4n) is 2.47. The maximum atomic E-state index is 13.2. The predicted molar refractivity (Wildman–Crippen MR) is 80.7 cm³/mol. The number of nitrogens with zero attached hydrogens (tertiary/aromatic N) is 1. The Labute approximate surface area is 120 Å². The lowest BCUT2D eigenvalue weighted by molar-refractivity contribution is 0.252. The molecule has 2 N–H and O–H groups in total. The smallest absolute Gasteiger partial charge is 0.123 e. The van der Waals surface area contributed by atoms with Gasteiger partial charge in [0.1, 0.15) is 5.82 Å². The number of halogens is 1. The van der Waals surface area contributed by atoms with Gasteiger partial charge in [0.2, 0.25) is 0 Å². The van der Waals surface area contributed by atoms with Crippen LogP contribution in [0.4, 0.5) is 4.39 Å². The lowest BCUT2D eigenvalue weighted by Gasteiger charge is -2.30. The Hall–Kier alpha value is -1.71. The quantitative estimate of drug-likeness (QED) is 0.906. The zero-order chi connectivity index (χ0) is 14.6. The van der Waals surface area contributed by atoms with E-state index in [2.05, 4.69) is 4.90 Å². The van der Waals surface area contributed by atoms with Crippen molar-refractivity contribution in [1.82, 2.24) is 4.90 Å². The molecule has 0 amide bonds. The number of nitrogens with two attached hydrogens (primary N) is 1. The summed E-state index contributed by atoms with van der Waals surface area (Å²) in [5.41, 5.74) is 8.04. The standard InChI is InChI=1S/C17H21FN2/c1-17(19,15-8-4-3-5-9-15)13-20(2)12-14-7-6-10-16(18)11-14/h3-11H,12-13,19H2,1-2H3. The van der Waals surface area contributed by atoms with Gasteiger partial charge in [-0.2, -0.15) is 0 Å². The molecule has 0 heterocycles. The molecule has 0 radical (unpaired) electrons. The average molecular weight is 272 g/mol. The highest BCUT2D eigenvalue weighted by molar-refractivity contribution is 5.23. The third-order valence-corrected chi connectivity index (χ3v) is 3.37. The van der Waals surface area contributed by atoms with Gasteiger partial charge in [-0.25, -0.2) is 4.39 Å². The van der Waals surface area contributed by atoms with E-state index in [0.29, 0.717) is 13.1 Å². The third kappa shape index (κ3) is 3.89. The minimum absolute atomic E-state index is 0.200. The van der Waals surface area contributed by atoms with Gasteiger partial charge < -0.3 is 5.73 Å². The van der Waals surface area contributed by atoms with Crippen molar-refractivity contribution in [2.45, 2.75) is 19.0 Å². The van der Waals surface area contributed by atoms with E-state index in [1.54, 1.807) is 12.1 Å². The second-order valence-electron chi connectivity index (χ2n) is 5.59. The summed E-state index contributed by atoms with van der Waals surface area (Å²) < 4.78 is 13.2. The molecule has 2 nitrogen and oxygen atoms in total. The Bertz CT molecular complexity index is 552. The first-order valence-electron chi connectivity index (χ1n) is 6.75. The van der Waals surface area contributed by atoms with E-state index in [1.165, 1.54) is 6.07 Å². The van der Waals surface area contributed by atoms with Crippen LogP contribution in [0.2, 0.25) is 0 Å². The number of hydrogen-bond acceptors (Lipinski definition) is 2. The molecule has 0 aromatic heterocycles. The van der Waals surface area contributed by atoms with Crippen LogP contribution >= 0.6 is 0 Å². The molecule has 2 aromatic carbocycles. The lowest BCUT2D eigenvalue weighted by atomic mass is 9.92. The van der Waals surface area contributed by atoms with Gasteiger partial charge in [0.25, 0.3) is 0 Å². The molecule has 0 aliphatic heterocycles. The lowest BCUT2D eigenvalue weighted by Crippen LogP contribution is -2.43. The van der Waals surface area contributed by atoms with E-state index in [-0.39, 0.29) is 5.82 Å². The second-order valence-corrected chi connectivity index (χ2v) is 5.59. The van der Waals surface area contributed by atoms with Gasteiger partial charge in [-0.05, 0) is 37.2 Å². The molecule has 3 heteroatoms. The van der Waals surface area contributed by atoms with Crippen LogP contribution in [0.15, 0.2) is 54.6 Å². The van der Waals surface area contributed by atoms with Crippen LogP contribution in [-0.4, -0.2) is 18.5 Å². The molecule has 0 aliphatic rings. The molecule has 2 aromatic rings. The molecular weight excluding hydrogens is 251 g/mol. The summed E-state index contributed by atoms with van der Waals surface area (Å²) in [5, 5.41) is 0. The highest BCUT2D eigenvalue weighted by atomic mass is 19.1. The molecule has 0 fully saturated rings. The topological polar surface area (TPSA) is 29.3 Å². The molecule has 106 valence electrons. The van der Waals surface area contributed by atoms with E-state index in [9.17, 15) is 4.39 Å². The summed E-state index contributed by atoms with van der Waals surface area (Å²) in [7, 11) is 2.00. The molecule has 1 unspecified atom stereocenters. The number of likely N-dealkylation sites (N-methyl/N-ethyl adjacent to an activating group) is 1. The van der Waals surface area contributed by atoms with Gasteiger partial charge in [-0.15, -0.1) is 0 Å². The summed E-state index contributed by atoms with van der Waals surface area (Å²) in [6.07, 6.45) is 0. The van der Waals surface area contributed by atoms with E-state index >= 15 is 0 Å². The highest BCUT2D eigenvalue weighted by Crippen LogP contribution is 2.19. The maximum absolute atomic E-state index is 13.2. The molecule has 2 rings (SSSR count). The van der Waals surface area contributed by atoms with Crippen LogP contribution in [0.3, 0.4) is 0 Å². The van der Waals surface area contributed by atoms with Gasteiger partial charge in [0.05, 0.1) is 5.54 Å². The normalized spacial score (nSPS) is 14.2. The van der Waals surface area contributed by atoms with Gasteiger partial charge in [0.15, 0.2) is 0 Å². The minimum Gasteiger partial charge on any atom is -0.321 e. The van der Waals surface area contributed by atoms with Crippen LogP contribution < -0.4 is 5.73 Å². The molecular formula is C17H21FN2. The fraction of sp³-hybridized carbons (Fsp3) is 0.294. The summed E-state index contributed by atoms with van der Waals surface area (Å²) in [6, 6.07) is 16.7. The van der Waals surface area contributed by atoms with Crippen molar-refractivity contribution in [1.29, 1.82) is 0 Å². The van der Waals surface area contributed by atoms with Crippen LogP contribution in [0.5, 0.6) is 0 Å². The van der Waals surface area contributed by atoms with Gasteiger partial charge in [-0.1, -0.05) is 42.5 Å². The number of benzene rings is 2. The van der Waals surface area contributed by atoms with Crippen molar-refractivity contribution in [3.8, 4) is 0 Å². The van der Waals surface area contributed by atoms with Gasteiger partial charge in [0, 0.05) is 13.1 Å². The van der Waals surface area contributed by atoms with Crippen LogP contribution in [0.1, 0.15) is 18.1 Å². The molecule has 0 bridgehead atoms. The van der Waals surface area contributed by atoms with Crippen LogP contribution in [0.25, 0.3) is 0 Å². The zero-order valence-corrected chi connectivity index (χ0v) is 12.0. The highest BCUT2D eigenvalue weighted by Gasteiger charge is 2.22. The second kappa shape index (κ2) is 6.16. The minimum atomic E-state index is -0.427. The molecule has 0 spiro atoms. The third-order valence-electron chi connectivity index (χ3n) is 3.37. The first kappa shape index (κ1) is 14.7. The Morgan fingerprint density at radius 3 is 2.45 bits per heavy atom. The molecule has 0 saturated heterocycles. The molecule has 20 heavy (non-hydrogen) atoms. The fourth-order valence-corrected chi connectivity index (χ4v) is 2.47. The van der Waals surface area contributed by atoms with Crippen molar-refractivity contribution < 1.29 is 4.39 Å². The monoisotopic (exact) mass is 272 g/mol. The number of rotatable bonds is 5. The van der Waals surface area contributed by atoms with Crippen LogP contribution in [0, 0.1) is 5.82 Å². The Morgan fingerprint density at radius 2 is 1.80 bits per heavy atom. The molecule has 1 atom stereocenters. The SMILES string of the molecule is CN(Cc1cccc(F)c1)CC(C)(N)c1ccccc1. The number of hydrogen-bond donors (Lipinski definition) is 1.